The van der Waals surface area contributed by atoms with E-state index in [4.69, 9.17) is 0 Å². The number of hydrogen-bond acceptors (Lipinski definition) is 2. The summed E-state index contributed by atoms with van der Waals surface area (Å²) in [6, 6.07) is 4.00. The maximum absolute atomic E-state index is 13.3. The lowest BCUT2D eigenvalue weighted by molar-refractivity contribution is -0.121. The highest BCUT2D eigenvalue weighted by atomic mass is 19.2. The molecule has 1 aromatic rings. The summed E-state index contributed by atoms with van der Waals surface area (Å²) in [5.41, 5.74) is 0.703. The van der Waals surface area contributed by atoms with Crippen LogP contribution < -0.4 is 10.2 Å². The summed E-state index contributed by atoms with van der Waals surface area (Å²) in [6.07, 6.45) is 7.91. The second-order valence-electron chi connectivity index (χ2n) is 6.47. The van der Waals surface area contributed by atoms with Crippen molar-refractivity contribution in [3.8, 4) is 0 Å². The number of anilines is 1. The average molecular weight is 320 g/mol. The quantitative estimate of drug-likeness (QED) is 0.845. The number of amides is 1. The number of nitrogens with one attached hydrogen (secondary N) is 1. The van der Waals surface area contributed by atoms with Gasteiger partial charge < -0.3 is 10.2 Å². The predicted octanol–water partition coefficient (Wildman–Crippen LogP) is 3.26. The Bertz CT molecular complexity index is 603. The van der Waals surface area contributed by atoms with Gasteiger partial charge in [0.25, 0.3) is 0 Å². The normalized spacial score (nSPS) is 23.5. The van der Waals surface area contributed by atoms with Gasteiger partial charge in [-0.15, -0.1) is 0 Å². The second kappa shape index (κ2) is 7.11. The van der Waals surface area contributed by atoms with E-state index < -0.39 is 11.6 Å². The monoisotopic (exact) mass is 320 g/mol. The third kappa shape index (κ3) is 4.09. The molecule has 2 aliphatic rings. The molecule has 1 saturated heterocycles. The van der Waals surface area contributed by atoms with Crippen molar-refractivity contribution in [1.82, 2.24) is 5.32 Å². The fraction of sp³-hybridized carbons (Fsp3) is 0.500. The second-order valence-corrected chi connectivity index (χ2v) is 6.47. The summed E-state index contributed by atoms with van der Waals surface area (Å²) < 4.78 is 26.3. The van der Waals surface area contributed by atoms with Gasteiger partial charge in [0.1, 0.15) is 0 Å². The van der Waals surface area contributed by atoms with Crippen molar-refractivity contribution < 1.29 is 13.6 Å². The van der Waals surface area contributed by atoms with Crippen molar-refractivity contribution in [2.75, 3.05) is 24.5 Å². The molecule has 0 aromatic heterocycles. The molecule has 23 heavy (non-hydrogen) atoms. The zero-order valence-electron chi connectivity index (χ0n) is 13.1. The van der Waals surface area contributed by atoms with Crippen LogP contribution in [-0.2, 0) is 4.79 Å². The number of allylic oxidation sites excluding steroid dienone is 2. The van der Waals surface area contributed by atoms with Crippen molar-refractivity contribution in [2.24, 2.45) is 11.8 Å². The summed E-state index contributed by atoms with van der Waals surface area (Å²) in [5.74, 6) is -0.794. The molecule has 1 heterocycles. The predicted molar refractivity (Wildman–Crippen MR) is 86.2 cm³/mol. The van der Waals surface area contributed by atoms with Crippen molar-refractivity contribution in [2.45, 2.75) is 25.7 Å². The van der Waals surface area contributed by atoms with E-state index in [1.165, 1.54) is 6.07 Å². The van der Waals surface area contributed by atoms with E-state index in [2.05, 4.69) is 17.5 Å². The molecular weight excluding hydrogens is 298 g/mol. The third-order valence-corrected chi connectivity index (χ3v) is 4.70. The lowest BCUT2D eigenvalue weighted by Crippen LogP contribution is -2.31. The number of hydrogen-bond donors (Lipinski definition) is 1. The molecule has 1 amide bonds. The molecule has 1 N–H and O–H groups in total. The molecule has 0 spiro atoms. The number of rotatable bonds is 5. The minimum Gasteiger partial charge on any atom is -0.371 e. The fourth-order valence-corrected chi connectivity index (χ4v) is 3.35. The molecule has 5 heteroatoms. The first-order chi connectivity index (χ1) is 11.1. The van der Waals surface area contributed by atoms with E-state index in [1.54, 1.807) is 6.07 Å². The Hall–Kier alpha value is -1.91. The highest BCUT2D eigenvalue weighted by molar-refractivity contribution is 5.76. The van der Waals surface area contributed by atoms with Gasteiger partial charge in [-0.3, -0.25) is 4.79 Å². The zero-order chi connectivity index (χ0) is 16.2. The van der Waals surface area contributed by atoms with Gasteiger partial charge in [-0.1, -0.05) is 12.2 Å². The van der Waals surface area contributed by atoms with Crippen LogP contribution in [0.5, 0.6) is 0 Å². The van der Waals surface area contributed by atoms with Crippen LogP contribution in [-0.4, -0.2) is 25.5 Å². The summed E-state index contributed by atoms with van der Waals surface area (Å²) in [6.45, 7) is 2.21. The average Bonchev–Trinajstić information content (AvgIpc) is 3.19. The molecule has 0 unspecified atom stereocenters. The van der Waals surface area contributed by atoms with Crippen LogP contribution in [0.3, 0.4) is 0 Å². The number of nitrogens with zero attached hydrogens (tertiary/aromatic N) is 1. The van der Waals surface area contributed by atoms with Gasteiger partial charge in [-0.25, -0.2) is 8.78 Å². The van der Waals surface area contributed by atoms with Gasteiger partial charge in [0.2, 0.25) is 5.91 Å². The molecule has 3 rings (SSSR count). The summed E-state index contributed by atoms with van der Waals surface area (Å²) in [7, 11) is 0. The lowest BCUT2D eigenvalue weighted by Gasteiger charge is -2.19. The Labute approximate surface area is 135 Å². The molecule has 1 aliphatic carbocycles. The van der Waals surface area contributed by atoms with Crippen molar-refractivity contribution in [3.63, 3.8) is 0 Å². The first-order valence-corrected chi connectivity index (χ1v) is 8.25. The molecule has 1 aliphatic heterocycles. The Kier molecular flexibility index (Phi) is 4.94. The molecule has 1 aromatic carbocycles. The van der Waals surface area contributed by atoms with E-state index in [0.717, 1.165) is 38.4 Å². The first-order valence-electron chi connectivity index (χ1n) is 8.25. The van der Waals surface area contributed by atoms with Gasteiger partial charge in [-0.05, 0) is 43.2 Å². The highest BCUT2D eigenvalue weighted by Crippen LogP contribution is 2.25. The van der Waals surface area contributed by atoms with Crippen LogP contribution in [0, 0.1) is 23.5 Å². The van der Waals surface area contributed by atoms with Crippen LogP contribution in [0.2, 0.25) is 0 Å². The third-order valence-electron chi connectivity index (χ3n) is 4.70. The van der Waals surface area contributed by atoms with E-state index >= 15 is 0 Å². The SMILES string of the molecule is O=C(C[C@H]1C=CCC1)NC[C@H]1CCN(c2ccc(F)c(F)c2)C1. The van der Waals surface area contributed by atoms with Crippen molar-refractivity contribution >= 4 is 11.6 Å². The van der Waals surface area contributed by atoms with Gasteiger partial charge in [0, 0.05) is 37.8 Å². The van der Waals surface area contributed by atoms with Crippen LogP contribution in [0.4, 0.5) is 14.5 Å². The van der Waals surface area contributed by atoms with E-state index in [1.807, 2.05) is 4.90 Å². The van der Waals surface area contributed by atoms with E-state index in [9.17, 15) is 13.6 Å². The molecule has 124 valence electrons. The standard InChI is InChI=1S/C18H22F2N2O/c19-16-6-5-15(10-17(16)20)22-8-7-14(12-22)11-21-18(23)9-13-3-1-2-4-13/h1,3,5-6,10,13-14H,2,4,7-9,11-12H2,(H,21,23)/t13-,14+/m0/s1. The Morgan fingerprint density at radius 3 is 2.87 bits per heavy atom. The molecule has 0 saturated carbocycles. The van der Waals surface area contributed by atoms with Crippen molar-refractivity contribution in [3.05, 3.63) is 42.0 Å². The van der Waals surface area contributed by atoms with Crippen molar-refractivity contribution in [1.29, 1.82) is 0 Å². The van der Waals surface area contributed by atoms with E-state index in [-0.39, 0.29) is 5.91 Å². The maximum atomic E-state index is 13.3. The number of benzene rings is 1. The molecule has 1 fully saturated rings. The fourth-order valence-electron chi connectivity index (χ4n) is 3.35. The van der Waals surface area contributed by atoms with Gasteiger partial charge in [-0.2, -0.15) is 0 Å². The number of carbonyl (C=O) groups is 1. The van der Waals surface area contributed by atoms with E-state index in [0.29, 0.717) is 30.5 Å². The molecule has 3 nitrogen and oxygen atoms in total. The largest absolute Gasteiger partial charge is 0.371 e. The van der Waals surface area contributed by atoms with Crippen LogP contribution in [0.15, 0.2) is 30.4 Å². The summed E-state index contributed by atoms with van der Waals surface area (Å²) >= 11 is 0. The van der Waals surface area contributed by atoms with Crippen LogP contribution in [0.1, 0.15) is 25.7 Å². The Balaban J connectivity index is 1.45. The van der Waals surface area contributed by atoms with Crippen LogP contribution >= 0.6 is 0 Å². The Morgan fingerprint density at radius 1 is 1.26 bits per heavy atom. The number of carbonyl (C=O) groups excluding carboxylic acids is 1. The molecular formula is C18H22F2N2O. The minimum absolute atomic E-state index is 0.104. The van der Waals surface area contributed by atoms with Gasteiger partial charge >= 0.3 is 0 Å². The molecule has 0 radical (unpaired) electrons. The molecule has 0 bridgehead atoms. The smallest absolute Gasteiger partial charge is 0.220 e. The first kappa shape index (κ1) is 16.0. The van der Waals surface area contributed by atoms with Crippen LogP contribution in [0.25, 0.3) is 0 Å². The summed E-state index contributed by atoms with van der Waals surface area (Å²) in [5, 5.41) is 3.01. The number of halogens is 2. The van der Waals surface area contributed by atoms with Gasteiger partial charge in [0.15, 0.2) is 11.6 Å². The Morgan fingerprint density at radius 2 is 2.13 bits per heavy atom. The zero-order valence-corrected chi connectivity index (χ0v) is 13.1. The van der Waals surface area contributed by atoms with Gasteiger partial charge in [0.05, 0.1) is 0 Å². The highest BCUT2D eigenvalue weighted by Gasteiger charge is 2.24. The molecule has 2 atom stereocenters. The topological polar surface area (TPSA) is 32.3 Å². The minimum atomic E-state index is -0.822. The lowest BCUT2D eigenvalue weighted by atomic mass is 10.0. The summed E-state index contributed by atoms with van der Waals surface area (Å²) in [4.78, 5) is 14.0. The maximum Gasteiger partial charge on any atom is 0.220 e.